The summed E-state index contributed by atoms with van der Waals surface area (Å²) in [6.45, 7) is 0. The van der Waals surface area contributed by atoms with Crippen LogP contribution in [0, 0.1) is 0 Å². The maximum atomic E-state index is 10.8. The molecule has 0 unspecified atom stereocenters. The van der Waals surface area contributed by atoms with Crippen LogP contribution in [0.15, 0.2) is 18.5 Å². The molecule has 2 aromatic rings. The van der Waals surface area contributed by atoms with Gasteiger partial charge in [0.25, 0.3) is 0 Å². The molecule has 0 bridgehead atoms. The fourth-order valence-corrected chi connectivity index (χ4v) is 1.61. The molecule has 0 saturated carbocycles. The normalized spacial score (nSPS) is 10.3. The molecule has 0 saturated heterocycles. The molecule has 2 N–H and O–H groups in total. The Hall–Kier alpha value is -2.04. The standard InChI is InChI=1S/C10H12N4O/c1-11-8-5-13-10-7(3-4-12-10)9(8)14(2)6-15/h3-6,11H,1-2H3,(H,12,13). The summed E-state index contributed by atoms with van der Waals surface area (Å²) in [5.41, 5.74) is 2.44. The number of hydrogen-bond donors (Lipinski definition) is 2. The van der Waals surface area contributed by atoms with Gasteiger partial charge in [0.2, 0.25) is 6.41 Å². The van der Waals surface area contributed by atoms with E-state index >= 15 is 0 Å². The number of fused-ring (bicyclic) bond motifs is 1. The van der Waals surface area contributed by atoms with E-state index < -0.39 is 0 Å². The molecule has 5 heteroatoms. The van der Waals surface area contributed by atoms with Crippen LogP contribution < -0.4 is 10.2 Å². The molecule has 78 valence electrons. The van der Waals surface area contributed by atoms with Crippen LogP contribution in [0.2, 0.25) is 0 Å². The van der Waals surface area contributed by atoms with Crippen LogP contribution >= 0.6 is 0 Å². The van der Waals surface area contributed by atoms with Gasteiger partial charge in [0.15, 0.2) is 0 Å². The lowest BCUT2D eigenvalue weighted by Gasteiger charge is -2.16. The summed E-state index contributed by atoms with van der Waals surface area (Å²) in [6, 6.07) is 1.90. The van der Waals surface area contributed by atoms with Gasteiger partial charge in [-0.3, -0.25) is 4.79 Å². The van der Waals surface area contributed by atoms with Gasteiger partial charge in [0.1, 0.15) is 5.65 Å². The highest BCUT2D eigenvalue weighted by Gasteiger charge is 2.11. The zero-order chi connectivity index (χ0) is 10.8. The molecule has 0 radical (unpaired) electrons. The predicted molar refractivity (Wildman–Crippen MR) is 60.1 cm³/mol. The third kappa shape index (κ3) is 1.41. The highest BCUT2D eigenvalue weighted by molar-refractivity contribution is 6.01. The van der Waals surface area contributed by atoms with Crippen LogP contribution in [0.3, 0.4) is 0 Å². The van der Waals surface area contributed by atoms with Gasteiger partial charge in [-0.2, -0.15) is 0 Å². The van der Waals surface area contributed by atoms with Crippen molar-refractivity contribution in [2.45, 2.75) is 0 Å². The van der Waals surface area contributed by atoms with Gasteiger partial charge >= 0.3 is 0 Å². The molecular formula is C10H12N4O. The fourth-order valence-electron chi connectivity index (χ4n) is 1.61. The smallest absolute Gasteiger partial charge is 0.213 e. The van der Waals surface area contributed by atoms with Gasteiger partial charge in [-0.05, 0) is 6.07 Å². The van der Waals surface area contributed by atoms with E-state index in [-0.39, 0.29) is 0 Å². The number of aromatic amines is 1. The molecule has 0 aromatic carbocycles. The summed E-state index contributed by atoms with van der Waals surface area (Å²) in [5, 5.41) is 3.94. The highest BCUT2D eigenvalue weighted by atomic mass is 16.1. The Morgan fingerprint density at radius 3 is 3.07 bits per heavy atom. The second-order valence-electron chi connectivity index (χ2n) is 3.23. The quantitative estimate of drug-likeness (QED) is 0.738. The monoisotopic (exact) mass is 204 g/mol. The summed E-state index contributed by atoms with van der Waals surface area (Å²) in [5.74, 6) is 0. The van der Waals surface area contributed by atoms with Crippen LogP contribution in [0.5, 0.6) is 0 Å². The average molecular weight is 204 g/mol. The van der Waals surface area contributed by atoms with Crippen LogP contribution in [-0.4, -0.2) is 30.5 Å². The van der Waals surface area contributed by atoms with Crippen molar-refractivity contribution in [3.63, 3.8) is 0 Å². The van der Waals surface area contributed by atoms with E-state index in [2.05, 4.69) is 15.3 Å². The van der Waals surface area contributed by atoms with Crippen LogP contribution in [0.25, 0.3) is 11.0 Å². The maximum Gasteiger partial charge on any atom is 0.213 e. The zero-order valence-electron chi connectivity index (χ0n) is 8.61. The van der Waals surface area contributed by atoms with Crippen molar-refractivity contribution in [3.8, 4) is 0 Å². The van der Waals surface area contributed by atoms with Crippen molar-refractivity contribution >= 4 is 28.8 Å². The number of nitrogens with zero attached hydrogens (tertiary/aromatic N) is 2. The average Bonchev–Trinajstić information content (AvgIpc) is 2.74. The molecule has 2 rings (SSSR count). The van der Waals surface area contributed by atoms with Crippen LogP contribution in [0.4, 0.5) is 11.4 Å². The maximum absolute atomic E-state index is 10.8. The van der Waals surface area contributed by atoms with Gasteiger partial charge in [-0.15, -0.1) is 0 Å². The van der Waals surface area contributed by atoms with E-state index in [1.807, 2.05) is 6.07 Å². The van der Waals surface area contributed by atoms with Gasteiger partial charge in [-0.25, -0.2) is 4.98 Å². The van der Waals surface area contributed by atoms with E-state index in [0.29, 0.717) is 0 Å². The third-order valence-electron chi connectivity index (χ3n) is 2.34. The zero-order valence-corrected chi connectivity index (χ0v) is 8.61. The molecule has 5 nitrogen and oxygen atoms in total. The Balaban J connectivity index is 2.73. The molecule has 0 aliphatic heterocycles. The molecule has 0 spiro atoms. The van der Waals surface area contributed by atoms with E-state index in [9.17, 15) is 4.79 Å². The molecule has 0 aliphatic carbocycles. The second kappa shape index (κ2) is 3.61. The summed E-state index contributed by atoms with van der Waals surface area (Å²) < 4.78 is 0. The number of amides is 1. The Kier molecular flexibility index (Phi) is 2.29. The Morgan fingerprint density at radius 1 is 1.60 bits per heavy atom. The first-order valence-corrected chi connectivity index (χ1v) is 4.60. The summed E-state index contributed by atoms with van der Waals surface area (Å²) >= 11 is 0. The number of rotatable bonds is 3. The third-order valence-corrected chi connectivity index (χ3v) is 2.34. The summed E-state index contributed by atoms with van der Waals surface area (Å²) in [7, 11) is 3.52. The predicted octanol–water partition coefficient (Wildman–Crippen LogP) is 1.20. The Bertz CT molecular complexity index is 491. The molecule has 0 aliphatic rings. The van der Waals surface area contributed by atoms with Crippen LogP contribution in [-0.2, 0) is 4.79 Å². The number of carbonyl (C=O) groups is 1. The summed E-state index contributed by atoms with van der Waals surface area (Å²) in [6.07, 6.45) is 4.29. The van der Waals surface area contributed by atoms with Crippen molar-refractivity contribution in [3.05, 3.63) is 18.5 Å². The van der Waals surface area contributed by atoms with Crippen molar-refractivity contribution < 1.29 is 4.79 Å². The number of nitrogens with one attached hydrogen (secondary N) is 2. The van der Waals surface area contributed by atoms with Gasteiger partial charge < -0.3 is 15.2 Å². The molecule has 15 heavy (non-hydrogen) atoms. The fraction of sp³-hybridized carbons (Fsp3) is 0.200. The lowest BCUT2D eigenvalue weighted by atomic mass is 10.2. The number of aromatic nitrogens is 2. The van der Waals surface area contributed by atoms with Crippen molar-refractivity contribution in [2.24, 2.45) is 0 Å². The molecule has 1 amide bonds. The topological polar surface area (TPSA) is 61.0 Å². The first-order chi connectivity index (χ1) is 7.27. The highest BCUT2D eigenvalue weighted by Crippen LogP contribution is 2.31. The van der Waals surface area contributed by atoms with Crippen molar-refractivity contribution in [2.75, 3.05) is 24.3 Å². The first kappa shape index (κ1) is 9.51. The molecule has 2 heterocycles. The number of anilines is 2. The van der Waals surface area contributed by atoms with Gasteiger partial charge in [0, 0.05) is 25.7 Å². The minimum absolute atomic E-state index is 0.776. The van der Waals surface area contributed by atoms with Gasteiger partial charge in [-0.1, -0.05) is 0 Å². The van der Waals surface area contributed by atoms with Crippen LogP contribution in [0.1, 0.15) is 0 Å². The molecule has 0 atom stereocenters. The Morgan fingerprint density at radius 2 is 2.40 bits per heavy atom. The Labute approximate surface area is 87.1 Å². The van der Waals surface area contributed by atoms with Crippen molar-refractivity contribution in [1.29, 1.82) is 0 Å². The van der Waals surface area contributed by atoms with E-state index in [0.717, 1.165) is 28.8 Å². The lowest BCUT2D eigenvalue weighted by Crippen LogP contribution is -2.16. The number of hydrogen-bond acceptors (Lipinski definition) is 3. The molecule has 0 fully saturated rings. The SMILES string of the molecule is CNc1cnc2[nH]ccc2c1N(C)C=O. The molecular weight excluding hydrogens is 192 g/mol. The summed E-state index contributed by atoms with van der Waals surface area (Å²) in [4.78, 5) is 19.6. The lowest BCUT2D eigenvalue weighted by molar-refractivity contribution is -0.107. The largest absolute Gasteiger partial charge is 0.385 e. The number of carbonyl (C=O) groups excluding carboxylic acids is 1. The molecule has 2 aromatic heterocycles. The van der Waals surface area contributed by atoms with E-state index in [1.165, 1.54) is 4.90 Å². The first-order valence-electron chi connectivity index (χ1n) is 4.60. The van der Waals surface area contributed by atoms with E-state index in [1.54, 1.807) is 26.5 Å². The minimum atomic E-state index is 0.776. The second-order valence-corrected chi connectivity index (χ2v) is 3.23. The van der Waals surface area contributed by atoms with E-state index in [4.69, 9.17) is 0 Å². The van der Waals surface area contributed by atoms with Gasteiger partial charge in [0.05, 0.1) is 17.6 Å². The number of pyridine rings is 1. The number of H-pyrrole nitrogens is 1. The van der Waals surface area contributed by atoms with Crippen molar-refractivity contribution in [1.82, 2.24) is 9.97 Å². The minimum Gasteiger partial charge on any atom is -0.385 e.